The lowest BCUT2D eigenvalue weighted by molar-refractivity contribution is 0.459. The Morgan fingerprint density at radius 1 is 1.12 bits per heavy atom. The first kappa shape index (κ1) is 18.7. The van der Waals surface area contributed by atoms with E-state index >= 15 is 0 Å². The van der Waals surface area contributed by atoms with Crippen molar-refractivity contribution < 1.29 is 18.1 Å². The molecule has 0 saturated carbocycles. The van der Waals surface area contributed by atoms with E-state index in [4.69, 9.17) is 4.18 Å². The van der Waals surface area contributed by atoms with E-state index in [-0.39, 0.29) is 7.97 Å². The molecule has 1 N–H and O–H groups in total. The molecule has 0 atom stereocenters. The van der Waals surface area contributed by atoms with Gasteiger partial charge in [0.25, 0.3) is 0 Å². The largest absolute Gasteiger partial charge is 0.508 e. The second-order valence-corrected chi connectivity index (χ2v) is 22.6. The van der Waals surface area contributed by atoms with Gasteiger partial charge in [-0.15, -0.1) is 0 Å². The van der Waals surface area contributed by atoms with E-state index < -0.39 is 17.4 Å². The Hall–Kier alpha value is -0.120. The normalized spacial score (nSPS) is 13.6. The maximum atomic E-state index is 14.2. The zero-order valence-electron chi connectivity index (χ0n) is 12.1. The number of phenols is 1. The van der Waals surface area contributed by atoms with Gasteiger partial charge in [-0.25, -0.2) is 8.78 Å². The Labute approximate surface area is 169 Å². The van der Waals surface area contributed by atoms with Gasteiger partial charge in [-0.2, -0.15) is 0 Å². The third-order valence-corrected chi connectivity index (χ3v) is 7.45. The van der Waals surface area contributed by atoms with Gasteiger partial charge in [0.1, 0.15) is 37.2 Å². The molecular formula is C16H11F2I2O2PS. The van der Waals surface area contributed by atoms with Gasteiger partial charge < -0.3 is 9.29 Å². The summed E-state index contributed by atoms with van der Waals surface area (Å²) in [6.07, 6.45) is 3.33. The van der Waals surface area contributed by atoms with Gasteiger partial charge >= 0.3 is 0 Å². The van der Waals surface area contributed by atoms with Crippen LogP contribution in [-0.2, 0) is 6.42 Å². The Kier molecular flexibility index (Phi) is 6.26. The Bertz CT molecular complexity index is 792. The molecule has 0 bridgehead atoms. The summed E-state index contributed by atoms with van der Waals surface area (Å²) in [5.74, 6) is -1.20. The molecule has 3 rings (SSSR count). The van der Waals surface area contributed by atoms with Crippen molar-refractivity contribution in [2.45, 2.75) is 12.8 Å². The standard InChI is InChI=1S/C16H11F2I2O2PS/c17-14-7-10(21)8-15(18)16(14)13-3-1-2-9-6-11(4-5-12(9)13)22-24-23(19)20/h3-8,21H,1-2H2. The lowest BCUT2D eigenvalue weighted by atomic mass is 9.86. The summed E-state index contributed by atoms with van der Waals surface area (Å²) in [4.78, 5) is 0. The number of phenolic OH excluding ortho intramolecular Hbond substituents is 1. The smallest absolute Gasteiger partial charge is 0.138 e. The average molecular weight is 590 g/mol. The SMILES string of the molecule is Oc1cc(F)c(C2=CCCc3cc(OSP(I)I)ccc32)c(F)c1. The van der Waals surface area contributed by atoms with Gasteiger partial charge in [0.2, 0.25) is 0 Å². The highest BCUT2D eigenvalue weighted by atomic mass is 127. The van der Waals surface area contributed by atoms with Gasteiger partial charge in [-0.3, -0.25) is 0 Å². The molecule has 0 radical (unpaired) electrons. The first-order valence-corrected chi connectivity index (χ1v) is 15.2. The molecule has 0 heterocycles. The maximum Gasteiger partial charge on any atom is 0.138 e. The Balaban J connectivity index is 1.99. The Morgan fingerprint density at radius 2 is 1.83 bits per heavy atom. The van der Waals surface area contributed by atoms with Crippen LogP contribution < -0.4 is 4.18 Å². The summed E-state index contributed by atoms with van der Waals surface area (Å²) in [6, 6.07) is 7.45. The van der Waals surface area contributed by atoms with E-state index in [1.165, 1.54) is 11.7 Å². The summed E-state index contributed by atoms with van der Waals surface area (Å²) >= 11 is 6.03. The molecule has 0 fully saturated rings. The van der Waals surface area contributed by atoms with Crippen molar-refractivity contribution >= 4 is 63.7 Å². The fraction of sp³-hybridized carbons (Fsp3) is 0.125. The average Bonchev–Trinajstić information content (AvgIpc) is 2.52. The highest BCUT2D eigenvalue weighted by molar-refractivity contribution is 14.3. The summed E-state index contributed by atoms with van der Waals surface area (Å²) in [5, 5.41) is 9.33. The topological polar surface area (TPSA) is 29.5 Å². The lowest BCUT2D eigenvalue weighted by Crippen LogP contribution is -2.04. The third-order valence-electron chi connectivity index (χ3n) is 3.62. The summed E-state index contributed by atoms with van der Waals surface area (Å²) in [6.45, 7) is 0. The van der Waals surface area contributed by atoms with Crippen molar-refractivity contribution in [1.29, 1.82) is 0 Å². The monoisotopic (exact) mass is 590 g/mol. The predicted octanol–water partition coefficient (Wildman–Crippen LogP) is 7.17. The fourth-order valence-corrected chi connectivity index (χ4v) is 4.82. The quantitative estimate of drug-likeness (QED) is 0.233. The number of allylic oxidation sites excluding steroid dienone is 1. The van der Waals surface area contributed by atoms with Crippen LogP contribution in [-0.4, -0.2) is 5.11 Å². The number of hydrogen-bond donors (Lipinski definition) is 1. The van der Waals surface area contributed by atoms with E-state index in [1.54, 1.807) is 0 Å². The molecular weight excluding hydrogens is 579 g/mol. The van der Waals surface area contributed by atoms with Gasteiger partial charge in [0, 0.05) is 12.1 Å². The molecule has 2 aromatic carbocycles. The van der Waals surface area contributed by atoms with Crippen LogP contribution in [0.5, 0.6) is 11.5 Å². The van der Waals surface area contributed by atoms with Crippen LogP contribution in [0.3, 0.4) is 0 Å². The molecule has 8 heteroatoms. The fourth-order valence-electron chi connectivity index (χ4n) is 2.70. The van der Waals surface area contributed by atoms with Gasteiger partial charge in [-0.05, 0) is 85.8 Å². The number of aryl methyl sites for hydroxylation is 1. The highest BCUT2D eigenvalue weighted by Gasteiger charge is 2.21. The molecule has 126 valence electrons. The molecule has 24 heavy (non-hydrogen) atoms. The van der Waals surface area contributed by atoms with Crippen molar-refractivity contribution in [3.8, 4) is 11.5 Å². The second kappa shape index (κ2) is 8.05. The highest BCUT2D eigenvalue weighted by Crippen LogP contribution is 2.64. The van der Waals surface area contributed by atoms with E-state index in [1.807, 2.05) is 24.3 Å². The van der Waals surface area contributed by atoms with Crippen molar-refractivity contribution in [2.24, 2.45) is 0 Å². The van der Waals surface area contributed by atoms with Gasteiger partial charge in [0.15, 0.2) is 0 Å². The number of rotatable bonds is 4. The first-order chi connectivity index (χ1) is 11.5. The van der Waals surface area contributed by atoms with E-state index in [2.05, 4.69) is 44.1 Å². The van der Waals surface area contributed by atoms with Crippen LogP contribution in [0.2, 0.25) is 0 Å². The van der Waals surface area contributed by atoms with E-state index in [9.17, 15) is 13.9 Å². The van der Waals surface area contributed by atoms with Crippen LogP contribution in [0.4, 0.5) is 8.78 Å². The Morgan fingerprint density at radius 3 is 2.50 bits per heavy atom. The number of fused-ring (bicyclic) bond motifs is 1. The van der Waals surface area contributed by atoms with Crippen LogP contribution >= 0.6 is 58.2 Å². The molecule has 0 amide bonds. The molecule has 1 aliphatic rings. The van der Waals surface area contributed by atoms with Crippen molar-refractivity contribution in [1.82, 2.24) is 0 Å². The molecule has 2 nitrogen and oxygen atoms in total. The zero-order valence-corrected chi connectivity index (χ0v) is 18.1. The minimum Gasteiger partial charge on any atom is -0.508 e. The molecule has 2 aromatic rings. The lowest BCUT2D eigenvalue weighted by Gasteiger charge is -2.20. The third kappa shape index (κ3) is 4.16. The maximum absolute atomic E-state index is 14.2. The minimum absolute atomic E-state index is 0.0974. The van der Waals surface area contributed by atoms with Crippen LogP contribution in [0.1, 0.15) is 23.1 Å². The van der Waals surface area contributed by atoms with E-state index in [0.29, 0.717) is 12.0 Å². The molecule has 1 aliphatic carbocycles. The van der Waals surface area contributed by atoms with Crippen LogP contribution in [0.25, 0.3) is 5.57 Å². The van der Waals surface area contributed by atoms with Crippen molar-refractivity contribution in [2.75, 3.05) is 0 Å². The number of halogens is 4. The molecule has 0 aromatic heterocycles. The van der Waals surface area contributed by atoms with Crippen molar-refractivity contribution in [3.63, 3.8) is 0 Å². The predicted molar refractivity (Wildman–Crippen MR) is 113 cm³/mol. The zero-order chi connectivity index (χ0) is 17.3. The number of hydrogen-bond acceptors (Lipinski definition) is 3. The van der Waals surface area contributed by atoms with Crippen molar-refractivity contribution in [3.05, 3.63) is 64.7 Å². The molecule has 0 aliphatic heterocycles. The summed E-state index contributed by atoms with van der Waals surface area (Å²) in [5.41, 5.74) is 2.23. The minimum atomic E-state index is -0.761. The van der Waals surface area contributed by atoms with Gasteiger partial charge in [-0.1, -0.05) is 12.1 Å². The summed E-state index contributed by atoms with van der Waals surface area (Å²) in [7, 11) is 0. The van der Waals surface area contributed by atoms with E-state index in [0.717, 1.165) is 35.4 Å². The molecule has 0 saturated heterocycles. The number of aromatic hydroxyl groups is 1. The molecule has 0 spiro atoms. The first-order valence-electron chi connectivity index (χ1n) is 6.94. The van der Waals surface area contributed by atoms with Gasteiger partial charge in [0.05, 0.1) is 5.56 Å². The summed E-state index contributed by atoms with van der Waals surface area (Å²) < 4.78 is 33.8. The van der Waals surface area contributed by atoms with Crippen LogP contribution in [0.15, 0.2) is 36.4 Å². The second-order valence-electron chi connectivity index (χ2n) is 5.12. The number of benzene rings is 2. The molecule has 0 unspecified atom stereocenters. The van der Waals surface area contributed by atoms with Crippen LogP contribution in [0, 0.1) is 11.6 Å².